The van der Waals surface area contributed by atoms with Gasteiger partial charge in [0.2, 0.25) is 11.8 Å². The third-order valence-electron chi connectivity index (χ3n) is 3.26. The first-order valence-corrected chi connectivity index (χ1v) is 6.92. The van der Waals surface area contributed by atoms with Crippen LogP contribution >= 0.6 is 12.4 Å². The molecule has 0 aliphatic carbocycles. The van der Waals surface area contributed by atoms with Gasteiger partial charge in [0, 0.05) is 18.8 Å². The monoisotopic (exact) mass is 328 g/mol. The molecule has 0 radical (unpaired) electrons. The molecule has 1 aromatic heterocycles. The number of pyridine rings is 1. The van der Waals surface area contributed by atoms with E-state index in [1.807, 2.05) is 0 Å². The fourth-order valence-electron chi connectivity index (χ4n) is 2.12. The van der Waals surface area contributed by atoms with E-state index in [-0.39, 0.29) is 30.6 Å². The molecule has 1 aliphatic heterocycles. The molecular weight excluding hydrogens is 308 g/mol. The maximum Gasteiger partial charge on any atom is 0.245 e. The quantitative estimate of drug-likeness (QED) is 0.810. The highest BCUT2D eigenvalue weighted by atomic mass is 35.5. The van der Waals surface area contributed by atoms with E-state index >= 15 is 0 Å². The Kier molecular flexibility index (Phi) is 7.07. The maximum absolute atomic E-state index is 12.2. The minimum Gasteiger partial charge on any atom is -0.397 e. The Morgan fingerprint density at radius 2 is 2.09 bits per heavy atom. The van der Waals surface area contributed by atoms with Crippen LogP contribution < -0.4 is 11.1 Å². The standard InChI is InChI=1S/C14H20N4O3.ClH/c1-10(14(20)18-4-6-21-7-5-18)17-13(19)8-12-3-2-11(15)9-16-12;/h2-3,9-10H,4-8,15H2,1H3,(H,17,19);1H. The number of hydrogen-bond acceptors (Lipinski definition) is 5. The van der Waals surface area contributed by atoms with E-state index in [1.54, 1.807) is 24.0 Å². The van der Waals surface area contributed by atoms with Crippen LogP contribution in [-0.2, 0) is 20.7 Å². The summed E-state index contributed by atoms with van der Waals surface area (Å²) in [5.74, 6) is -0.321. The van der Waals surface area contributed by atoms with Crippen LogP contribution in [0, 0.1) is 0 Å². The number of halogens is 1. The van der Waals surface area contributed by atoms with Crippen molar-refractivity contribution in [3.63, 3.8) is 0 Å². The minimum atomic E-state index is -0.551. The summed E-state index contributed by atoms with van der Waals surface area (Å²) in [7, 11) is 0. The molecule has 1 aromatic rings. The third kappa shape index (κ3) is 5.16. The van der Waals surface area contributed by atoms with Crippen LogP contribution in [0.4, 0.5) is 5.69 Å². The van der Waals surface area contributed by atoms with Crippen LogP contribution in [0.25, 0.3) is 0 Å². The van der Waals surface area contributed by atoms with Crippen LogP contribution in [0.3, 0.4) is 0 Å². The van der Waals surface area contributed by atoms with Crippen LogP contribution in [0.15, 0.2) is 18.3 Å². The lowest BCUT2D eigenvalue weighted by atomic mass is 10.2. The number of rotatable bonds is 4. The van der Waals surface area contributed by atoms with Crippen molar-refractivity contribution in [1.82, 2.24) is 15.2 Å². The number of nitrogens with two attached hydrogens (primary N) is 1. The highest BCUT2D eigenvalue weighted by Crippen LogP contribution is 2.03. The van der Waals surface area contributed by atoms with Gasteiger partial charge in [-0.05, 0) is 19.1 Å². The Labute approximate surface area is 135 Å². The number of nitrogens with zero attached hydrogens (tertiary/aromatic N) is 2. The molecule has 1 fully saturated rings. The molecule has 7 nitrogen and oxygen atoms in total. The summed E-state index contributed by atoms with van der Waals surface area (Å²) in [6.07, 6.45) is 1.63. The van der Waals surface area contributed by atoms with Gasteiger partial charge in [0.15, 0.2) is 0 Å². The number of nitrogen functional groups attached to an aromatic ring is 1. The highest BCUT2D eigenvalue weighted by molar-refractivity contribution is 5.88. The van der Waals surface area contributed by atoms with Gasteiger partial charge < -0.3 is 20.7 Å². The lowest BCUT2D eigenvalue weighted by Gasteiger charge is -2.29. The Morgan fingerprint density at radius 1 is 1.41 bits per heavy atom. The van der Waals surface area contributed by atoms with Gasteiger partial charge in [0.25, 0.3) is 0 Å². The molecule has 122 valence electrons. The van der Waals surface area contributed by atoms with E-state index in [4.69, 9.17) is 10.5 Å². The second kappa shape index (κ2) is 8.55. The van der Waals surface area contributed by atoms with E-state index in [0.29, 0.717) is 37.7 Å². The first kappa shape index (κ1) is 18.2. The van der Waals surface area contributed by atoms with E-state index in [1.165, 1.54) is 6.20 Å². The van der Waals surface area contributed by atoms with E-state index in [9.17, 15) is 9.59 Å². The van der Waals surface area contributed by atoms with Crippen molar-refractivity contribution in [3.05, 3.63) is 24.0 Å². The number of amides is 2. The summed E-state index contributed by atoms with van der Waals surface area (Å²) >= 11 is 0. The van der Waals surface area contributed by atoms with Gasteiger partial charge in [0.1, 0.15) is 6.04 Å². The second-order valence-electron chi connectivity index (χ2n) is 4.99. The summed E-state index contributed by atoms with van der Waals surface area (Å²) < 4.78 is 5.20. The van der Waals surface area contributed by atoms with Gasteiger partial charge in [-0.25, -0.2) is 0 Å². The molecule has 1 atom stereocenters. The molecule has 0 bridgehead atoms. The molecule has 0 aromatic carbocycles. The number of morpholine rings is 1. The zero-order valence-corrected chi connectivity index (χ0v) is 13.3. The Morgan fingerprint density at radius 3 is 2.68 bits per heavy atom. The van der Waals surface area contributed by atoms with Crippen molar-refractivity contribution in [2.45, 2.75) is 19.4 Å². The van der Waals surface area contributed by atoms with Crippen LogP contribution in [0.1, 0.15) is 12.6 Å². The highest BCUT2D eigenvalue weighted by Gasteiger charge is 2.23. The summed E-state index contributed by atoms with van der Waals surface area (Å²) in [6.45, 7) is 3.91. The molecule has 1 unspecified atom stereocenters. The van der Waals surface area contributed by atoms with Gasteiger partial charge in [-0.1, -0.05) is 0 Å². The van der Waals surface area contributed by atoms with Crippen molar-refractivity contribution in [1.29, 1.82) is 0 Å². The number of aromatic nitrogens is 1. The number of carbonyl (C=O) groups is 2. The fourth-order valence-corrected chi connectivity index (χ4v) is 2.12. The van der Waals surface area contributed by atoms with E-state index in [0.717, 1.165) is 0 Å². The topological polar surface area (TPSA) is 97.6 Å². The Bertz CT molecular complexity index is 503. The van der Waals surface area contributed by atoms with Crippen molar-refractivity contribution in [2.75, 3.05) is 32.0 Å². The smallest absolute Gasteiger partial charge is 0.245 e. The average molecular weight is 329 g/mol. The van der Waals surface area contributed by atoms with Crippen LogP contribution in [-0.4, -0.2) is 54.0 Å². The molecule has 0 saturated carbocycles. The van der Waals surface area contributed by atoms with Crippen molar-refractivity contribution in [2.24, 2.45) is 0 Å². The maximum atomic E-state index is 12.2. The first-order valence-electron chi connectivity index (χ1n) is 6.92. The van der Waals surface area contributed by atoms with Crippen molar-refractivity contribution in [3.8, 4) is 0 Å². The lowest BCUT2D eigenvalue weighted by molar-refractivity contribution is -0.139. The van der Waals surface area contributed by atoms with Gasteiger partial charge >= 0.3 is 0 Å². The van der Waals surface area contributed by atoms with Gasteiger partial charge in [-0.15, -0.1) is 12.4 Å². The molecule has 8 heteroatoms. The molecule has 1 saturated heterocycles. The van der Waals surface area contributed by atoms with E-state index < -0.39 is 6.04 Å². The number of nitrogens with one attached hydrogen (secondary N) is 1. The van der Waals surface area contributed by atoms with Gasteiger partial charge in [-0.3, -0.25) is 14.6 Å². The van der Waals surface area contributed by atoms with Gasteiger partial charge in [-0.2, -0.15) is 0 Å². The zero-order valence-electron chi connectivity index (χ0n) is 12.4. The lowest BCUT2D eigenvalue weighted by Crippen LogP contribution is -2.50. The summed E-state index contributed by atoms with van der Waals surface area (Å²) in [4.78, 5) is 29.8. The largest absolute Gasteiger partial charge is 0.397 e. The Hall–Kier alpha value is -1.86. The van der Waals surface area contributed by atoms with Crippen molar-refractivity contribution >= 4 is 29.9 Å². The third-order valence-corrected chi connectivity index (χ3v) is 3.26. The first-order chi connectivity index (χ1) is 10.1. The molecule has 22 heavy (non-hydrogen) atoms. The molecule has 0 spiro atoms. The van der Waals surface area contributed by atoms with Crippen molar-refractivity contribution < 1.29 is 14.3 Å². The summed E-state index contributed by atoms with van der Waals surface area (Å²) in [6, 6.07) is 2.84. The van der Waals surface area contributed by atoms with E-state index in [2.05, 4.69) is 10.3 Å². The Balaban J connectivity index is 0.00000242. The summed E-state index contributed by atoms with van der Waals surface area (Å²) in [5, 5.41) is 2.70. The number of anilines is 1. The van der Waals surface area contributed by atoms with Crippen LogP contribution in [0.2, 0.25) is 0 Å². The minimum absolute atomic E-state index is 0. The fraction of sp³-hybridized carbons (Fsp3) is 0.500. The molecule has 2 rings (SSSR count). The molecule has 1 aliphatic rings. The second-order valence-corrected chi connectivity index (χ2v) is 4.99. The SMILES string of the molecule is CC(NC(=O)Cc1ccc(N)cn1)C(=O)N1CCOCC1.Cl. The molecule has 2 heterocycles. The summed E-state index contributed by atoms with van der Waals surface area (Å²) in [5.41, 5.74) is 6.71. The number of ether oxygens (including phenoxy) is 1. The average Bonchev–Trinajstić information content (AvgIpc) is 2.49. The molecule has 2 amide bonds. The molecule has 3 N–H and O–H groups in total. The predicted octanol–water partition coefficient (Wildman–Crippen LogP) is -0.00840. The van der Waals surface area contributed by atoms with Crippen LogP contribution in [0.5, 0.6) is 0 Å². The number of hydrogen-bond donors (Lipinski definition) is 2. The molecular formula is C14H21ClN4O3. The predicted molar refractivity (Wildman–Crippen MR) is 84.6 cm³/mol. The normalized spacial score (nSPS) is 15.6. The number of carbonyl (C=O) groups excluding carboxylic acids is 2. The van der Waals surface area contributed by atoms with Gasteiger partial charge in [0.05, 0.1) is 31.5 Å². The zero-order chi connectivity index (χ0) is 15.2.